The molecule has 26 nitrogen and oxygen atoms in total. The summed E-state index contributed by atoms with van der Waals surface area (Å²) in [4.78, 5) is 73.0. The van der Waals surface area contributed by atoms with E-state index < -0.39 is 89.5 Å². The van der Waals surface area contributed by atoms with Crippen LogP contribution in [0.15, 0.2) is 34.8 Å². The fourth-order valence-electron chi connectivity index (χ4n) is 5.53. The Morgan fingerprint density at radius 3 is 2.58 bits per heavy atom. The fourth-order valence-corrected chi connectivity index (χ4v) is 6.83. The molecule has 10 N–H and O–H groups in total. The van der Waals surface area contributed by atoms with Crippen molar-refractivity contribution in [2.75, 3.05) is 31.2 Å². The van der Waals surface area contributed by atoms with Crippen LogP contribution in [0, 0.1) is 0 Å². The third-order valence-electron chi connectivity index (χ3n) is 8.03. The quantitative estimate of drug-likeness (QED) is 0.0218. The number of esters is 1. The number of aliphatic hydroxyl groups excluding tert-OH is 1. The number of azide groups is 1. The van der Waals surface area contributed by atoms with Crippen LogP contribution in [0.25, 0.3) is 21.6 Å². The molecule has 2 saturated heterocycles. The smallest absolute Gasteiger partial charge is 0.455 e. The number of imidazole rings is 1. The van der Waals surface area contributed by atoms with Gasteiger partial charge in [0.15, 0.2) is 23.8 Å². The van der Waals surface area contributed by atoms with Crippen LogP contribution in [0.5, 0.6) is 0 Å². The van der Waals surface area contributed by atoms with E-state index in [1.807, 2.05) is 0 Å². The van der Waals surface area contributed by atoms with Gasteiger partial charge in [-0.1, -0.05) is 11.5 Å². The van der Waals surface area contributed by atoms with Gasteiger partial charge in [0.05, 0.1) is 19.5 Å². The molecule has 3 aromatic rings. The third-order valence-corrected chi connectivity index (χ3v) is 9.53. The number of hydrogen-bond donors (Lipinski definition) is 7. The number of nitrogens with zero attached hydrogens (tertiary/aromatic N) is 9. The molecule has 0 bridgehead atoms. The maximum absolute atomic E-state index is 13.3. The number of aromatic nitrogens is 6. The van der Waals surface area contributed by atoms with Crippen molar-refractivity contribution in [2.45, 2.75) is 74.7 Å². The number of nitrogens with two attached hydrogens (primary N) is 3. The van der Waals surface area contributed by atoms with Crippen molar-refractivity contribution in [3.63, 3.8) is 0 Å². The number of ether oxygens (including phenoxy) is 3. The first kappa shape index (κ1) is 40.1. The summed E-state index contributed by atoms with van der Waals surface area (Å²) >= 11 is 0. The first-order chi connectivity index (χ1) is 25.1. The lowest BCUT2D eigenvalue weighted by atomic mass is 10.1. The molecule has 290 valence electrons. The summed E-state index contributed by atoms with van der Waals surface area (Å²) in [5, 5.41) is 14.8. The van der Waals surface area contributed by atoms with Crippen molar-refractivity contribution < 1.29 is 61.5 Å². The number of nitrogen functional groups attached to an aromatic ring is 2. The fraction of sp³-hybridized carbons (Fsp3) is 0.600. The van der Waals surface area contributed by atoms with E-state index in [9.17, 15) is 38.5 Å². The number of carbonyl (C=O) groups excluding carboxylic acids is 1. The summed E-state index contributed by atoms with van der Waals surface area (Å²) in [6, 6.07) is 0.106. The molecule has 9 atom stereocenters. The standard InChI is InChI=1S/C25H36N12O14P2/c26-12(3-1-2-5-33-35-29)24(39)50-20-15(49-23(19(20)38)37-11-32-18-21(28)30-10-31-22(18)37)9-47-53(44,45)51-13-7-17(36-6-4-16(27)34-25(36)40)48-14(13)8-46-52(41,42)43/h4,6,10-15,17,19-20,23,38H,1-3,5,7-9,26H2,(H,44,45)(H2,27,34,40)(H2,28,30,31)(H2,41,42,43)/t12?,13-,14+,15-,17+,19+,20+,23+/m0/s1. The lowest BCUT2D eigenvalue weighted by Gasteiger charge is -2.24. The number of aliphatic hydroxyl groups is 1. The summed E-state index contributed by atoms with van der Waals surface area (Å²) in [5.41, 5.74) is 25.3. The monoisotopic (exact) mass is 790 g/mol. The maximum atomic E-state index is 13.3. The van der Waals surface area contributed by atoms with Gasteiger partial charge in [0.1, 0.15) is 54.3 Å². The van der Waals surface area contributed by atoms with Crippen LogP contribution in [0.1, 0.15) is 38.1 Å². The third kappa shape index (κ3) is 10.1. The Balaban J connectivity index is 1.32. The van der Waals surface area contributed by atoms with Crippen molar-refractivity contribution in [1.29, 1.82) is 0 Å². The molecule has 53 heavy (non-hydrogen) atoms. The van der Waals surface area contributed by atoms with Crippen molar-refractivity contribution in [2.24, 2.45) is 10.8 Å². The highest BCUT2D eigenvalue weighted by Crippen LogP contribution is 2.50. The minimum atomic E-state index is -5.15. The van der Waals surface area contributed by atoms with Crippen LogP contribution >= 0.6 is 15.6 Å². The van der Waals surface area contributed by atoms with E-state index in [-0.39, 0.29) is 42.2 Å². The Kier molecular flexibility index (Phi) is 12.8. The minimum Gasteiger partial charge on any atom is -0.455 e. The van der Waals surface area contributed by atoms with E-state index in [4.69, 9.17) is 46.0 Å². The average Bonchev–Trinajstić information content (AvgIpc) is 3.78. The molecular weight excluding hydrogens is 754 g/mol. The number of hydrogen-bond acceptors (Lipinski definition) is 19. The van der Waals surface area contributed by atoms with Crippen molar-refractivity contribution in [3.8, 4) is 0 Å². The van der Waals surface area contributed by atoms with Crippen LogP contribution in [0.2, 0.25) is 0 Å². The van der Waals surface area contributed by atoms with E-state index in [0.717, 1.165) is 10.9 Å². The number of unbranched alkanes of at least 4 members (excludes halogenated alkanes) is 1. The maximum Gasteiger partial charge on any atom is 0.472 e. The largest absolute Gasteiger partial charge is 0.472 e. The molecule has 0 aromatic carbocycles. The summed E-state index contributed by atoms with van der Waals surface area (Å²) in [5.74, 6) is -1.03. The molecule has 0 spiro atoms. The Hall–Kier alpha value is -4.13. The Bertz CT molecular complexity index is 1970. The number of anilines is 2. The Morgan fingerprint density at radius 2 is 1.87 bits per heavy atom. The Morgan fingerprint density at radius 1 is 1.11 bits per heavy atom. The lowest BCUT2D eigenvalue weighted by Crippen LogP contribution is -2.43. The van der Waals surface area contributed by atoms with Crippen molar-refractivity contribution in [1.82, 2.24) is 29.1 Å². The second-order valence-electron chi connectivity index (χ2n) is 11.7. The minimum absolute atomic E-state index is 0.0223. The van der Waals surface area contributed by atoms with Crippen LogP contribution in [-0.2, 0) is 41.7 Å². The van der Waals surface area contributed by atoms with Gasteiger partial charge in [-0.25, -0.2) is 28.9 Å². The van der Waals surface area contributed by atoms with Crippen LogP contribution in [0.3, 0.4) is 0 Å². The number of carbonyl (C=O) groups is 1. The van der Waals surface area contributed by atoms with E-state index in [1.165, 1.54) is 23.2 Å². The van der Waals surface area contributed by atoms with Crippen LogP contribution in [-0.4, -0.2) is 111 Å². The second kappa shape index (κ2) is 16.9. The van der Waals surface area contributed by atoms with E-state index >= 15 is 0 Å². The molecule has 0 radical (unpaired) electrons. The zero-order chi connectivity index (χ0) is 38.5. The average molecular weight is 791 g/mol. The molecule has 2 aliphatic rings. The normalized spacial score (nSPS) is 26.2. The zero-order valence-corrected chi connectivity index (χ0v) is 29.2. The molecule has 5 heterocycles. The predicted octanol–water partition coefficient (Wildman–Crippen LogP) is -0.875. The van der Waals surface area contributed by atoms with Crippen molar-refractivity contribution in [3.05, 3.63) is 45.8 Å². The van der Waals surface area contributed by atoms with E-state index in [2.05, 4.69) is 34.5 Å². The topological polar surface area (TPSA) is 393 Å². The highest BCUT2D eigenvalue weighted by Gasteiger charge is 2.50. The van der Waals surface area contributed by atoms with Gasteiger partial charge >= 0.3 is 27.3 Å². The number of rotatable bonds is 17. The summed E-state index contributed by atoms with van der Waals surface area (Å²) in [7, 11) is -10.2. The SMILES string of the molecule is [N-]=[N+]=NCCCCC(N)C(=O)O[C@H]1[C@@H](O)[C@H](n2cnc3c(N)ncnc32)O[C@H]1COP(=O)(O)O[C@H]1C[C@H](n2ccc(N)nc2=O)O[C@@H]1COP(=O)(O)O. The first-order valence-electron chi connectivity index (χ1n) is 15.7. The van der Waals surface area contributed by atoms with Gasteiger partial charge < -0.3 is 51.2 Å². The molecule has 5 rings (SSSR count). The second-order valence-corrected chi connectivity index (χ2v) is 14.3. The molecule has 2 fully saturated rings. The Labute approximate surface area is 297 Å². The van der Waals surface area contributed by atoms with E-state index in [0.29, 0.717) is 12.8 Å². The number of fused-ring (bicyclic) bond motifs is 1. The van der Waals surface area contributed by atoms with Crippen LogP contribution in [0.4, 0.5) is 11.6 Å². The van der Waals surface area contributed by atoms with Gasteiger partial charge in [-0.05, 0) is 24.4 Å². The molecule has 2 unspecified atom stereocenters. The van der Waals surface area contributed by atoms with Crippen LogP contribution < -0.4 is 22.9 Å². The predicted molar refractivity (Wildman–Crippen MR) is 175 cm³/mol. The number of phosphoric acid groups is 2. The van der Waals surface area contributed by atoms with Gasteiger partial charge in [0.25, 0.3) is 0 Å². The van der Waals surface area contributed by atoms with Gasteiger partial charge in [0.2, 0.25) is 0 Å². The summed E-state index contributed by atoms with van der Waals surface area (Å²) in [6.07, 6.45) is -5.82. The molecule has 0 amide bonds. The van der Waals surface area contributed by atoms with Gasteiger partial charge in [0, 0.05) is 24.1 Å². The summed E-state index contributed by atoms with van der Waals surface area (Å²) < 4.78 is 59.2. The molecular formula is C25H36N12O14P2. The first-order valence-corrected chi connectivity index (χ1v) is 18.7. The highest BCUT2D eigenvalue weighted by atomic mass is 31.2. The van der Waals surface area contributed by atoms with E-state index in [1.54, 1.807) is 0 Å². The molecule has 3 aromatic heterocycles. The molecule has 0 saturated carbocycles. The van der Waals surface area contributed by atoms with Gasteiger partial charge in [-0.15, -0.1) is 0 Å². The van der Waals surface area contributed by atoms with Crippen molar-refractivity contribution >= 4 is 44.4 Å². The lowest BCUT2D eigenvalue weighted by molar-refractivity contribution is -0.158. The summed E-state index contributed by atoms with van der Waals surface area (Å²) in [6.45, 7) is -1.49. The molecule has 28 heteroatoms. The van der Waals surface area contributed by atoms with Gasteiger partial charge in [-0.2, -0.15) is 4.98 Å². The zero-order valence-electron chi connectivity index (χ0n) is 27.4. The number of phosphoric ester groups is 2. The highest BCUT2D eigenvalue weighted by molar-refractivity contribution is 7.47. The van der Waals surface area contributed by atoms with Gasteiger partial charge in [-0.3, -0.25) is 27.5 Å². The molecule has 2 aliphatic heterocycles. The molecule has 0 aliphatic carbocycles.